The van der Waals surface area contributed by atoms with Crippen molar-refractivity contribution in [3.63, 3.8) is 0 Å². The number of benzene rings is 1. The zero-order valence-electron chi connectivity index (χ0n) is 12.2. The number of aryl methyl sites for hydroxylation is 1. The van der Waals surface area contributed by atoms with Crippen molar-refractivity contribution in [2.45, 2.75) is 52.5 Å². The van der Waals surface area contributed by atoms with Crippen molar-refractivity contribution >= 4 is 11.7 Å². The second kappa shape index (κ2) is 7.82. The summed E-state index contributed by atoms with van der Waals surface area (Å²) in [5.74, 6) is -0.745. The van der Waals surface area contributed by atoms with Gasteiger partial charge in [0, 0.05) is 18.3 Å². The summed E-state index contributed by atoms with van der Waals surface area (Å²) in [5.41, 5.74) is 2.46. The third-order valence-electron chi connectivity index (χ3n) is 3.28. The predicted octanol–water partition coefficient (Wildman–Crippen LogP) is 3.72. The number of hydrogen-bond donors (Lipinski definition) is 1. The Bertz CT molecular complexity index is 384. The number of rotatable bonds is 8. The van der Waals surface area contributed by atoms with Crippen molar-refractivity contribution in [1.29, 1.82) is 0 Å². The van der Waals surface area contributed by atoms with Gasteiger partial charge in [0.15, 0.2) is 0 Å². The molecule has 0 saturated heterocycles. The summed E-state index contributed by atoms with van der Waals surface area (Å²) in [6.45, 7) is 6.93. The smallest absolute Gasteiger partial charge is 0.305 e. The van der Waals surface area contributed by atoms with Crippen molar-refractivity contribution in [3.05, 3.63) is 29.8 Å². The number of carbonyl (C=O) groups is 1. The van der Waals surface area contributed by atoms with E-state index in [0.717, 1.165) is 12.1 Å². The first-order valence-electron chi connectivity index (χ1n) is 7.12. The van der Waals surface area contributed by atoms with Gasteiger partial charge in [-0.3, -0.25) is 4.79 Å². The maximum atomic E-state index is 10.7. The molecular formula is C16H25NO2. The fraction of sp³-hybridized carbons (Fsp3) is 0.562. The molecule has 19 heavy (non-hydrogen) atoms. The average molecular weight is 263 g/mol. The molecule has 0 heterocycles. The van der Waals surface area contributed by atoms with Crippen LogP contribution < -0.4 is 4.90 Å². The molecule has 0 aliphatic rings. The van der Waals surface area contributed by atoms with Crippen LogP contribution in [0.2, 0.25) is 0 Å². The van der Waals surface area contributed by atoms with Crippen LogP contribution in [0.5, 0.6) is 0 Å². The molecule has 0 radical (unpaired) electrons. The molecule has 0 aliphatic carbocycles. The Morgan fingerprint density at radius 3 is 2.37 bits per heavy atom. The standard InChI is InChI=1S/C16H25NO2/c1-4-5-6-14-7-9-15(10-8-14)17(13(2)3)12-11-16(18)19/h7-10,13H,4-6,11-12H2,1-3H3,(H,18,19). The van der Waals surface area contributed by atoms with E-state index in [-0.39, 0.29) is 6.42 Å². The van der Waals surface area contributed by atoms with Crippen LogP contribution in [0.3, 0.4) is 0 Å². The summed E-state index contributed by atoms with van der Waals surface area (Å²) in [4.78, 5) is 12.8. The highest BCUT2D eigenvalue weighted by Gasteiger charge is 2.11. The molecule has 0 atom stereocenters. The molecule has 1 aromatic rings. The molecule has 1 aromatic carbocycles. The Morgan fingerprint density at radius 2 is 1.89 bits per heavy atom. The highest BCUT2D eigenvalue weighted by molar-refractivity contribution is 5.67. The highest BCUT2D eigenvalue weighted by Crippen LogP contribution is 2.19. The lowest BCUT2D eigenvalue weighted by molar-refractivity contribution is -0.136. The van der Waals surface area contributed by atoms with Crippen LogP contribution in [-0.4, -0.2) is 23.7 Å². The number of hydrogen-bond acceptors (Lipinski definition) is 2. The van der Waals surface area contributed by atoms with Gasteiger partial charge in [0.25, 0.3) is 0 Å². The molecule has 0 unspecified atom stereocenters. The van der Waals surface area contributed by atoms with E-state index in [4.69, 9.17) is 5.11 Å². The summed E-state index contributed by atoms with van der Waals surface area (Å²) in [6, 6.07) is 8.82. The van der Waals surface area contributed by atoms with E-state index in [2.05, 4.69) is 49.9 Å². The second-order valence-corrected chi connectivity index (χ2v) is 5.20. The molecule has 0 spiro atoms. The predicted molar refractivity (Wildman–Crippen MR) is 79.8 cm³/mol. The normalized spacial score (nSPS) is 10.7. The molecule has 0 saturated carbocycles. The molecule has 3 nitrogen and oxygen atoms in total. The van der Waals surface area contributed by atoms with Crippen molar-refractivity contribution in [2.24, 2.45) is 0 Å². The molecule has 106 valence electrons. The molecule has 3 heteroatoms. The third kappa shape index (κ3) is 5.33. The van der Waals surface area contributed by atoms with Crippen molar-refractivity contribution in [3.8, 4) is 0 Å². The lowest BCUT2D eigenvalue weighted by Crippen LogP contribution is -2.32. The van der Waals surface area contributed by atoms with Crippen LogP contribution in [0.1, 0.15) is 45.6 Å². The first-order valence-corrected chi connectivity index (χ1v) is 7.12. The zero-order chi connectivity index (χ0) is 14.3. The third-order valence-corrected chi connectivity index (χ3v) is 3.28. The maximum Gasteiger partial charge on any atom is 0.305 e. The Hall–Kier alpha value is -1.51. The number of nitrogens with zero attached hydrogens (tertiary/aromatic N) is 1. The first-order chi connectivity index (χ1) is 9.04. The molecule has 0 bridgehead atoms. The van der Waals surface area contributed by atoms with E-state index in [0.29, 0.717) is 12.6 Å². The van der Waals surface area contributed by atoms with E-state index in [1.54, 1.807) is 0 Å². The van der Waals surface area contributed by atoms with E-state index in [9.17, 15) is 4.79 Å². The summed E-state index contributed by atoms with van der Waals surface area (Å²) >= 11 is 0. The number of carboxylic acids is 1. The first kappa shape index (κ1) is 15.5. The molecule has 1 rings (SSSR count). The Kier molecular flexibility index (Phi) is 6.40. The van der Waals surface area contributed by atoms with Crippen molar-refractivity contribution in [2.75, 3.05) is 11.4 Å². The molecular weight excluding hydrogens is 238 g/mol. The molecule has 0 amide bonds. The SMILES string of the molecule is CCCCc1ccc(N(CCC(=O)O)C(C)C)cc1. The molecule has 0 aliphatic heterocycles. The Morgan fingerprint density at radius 1 is 1.26 bits per heavy atom. The highest BCUT2D eigenvalue weighted by atomic mass is 16.4. The van der Waals surface area contributed by atoms with E-state index >= 15 is 0 Å². The van der Waals surface area contributed by atoms with Gasteiger partial charge in [-0.25, -0.2) is 0 Å². The summed E-state index contributed by atoms with van der Waals surface area (Å²) in [5, 5.41) is 8.81. The van der Waals surface area contributed by atoms with Crippen LogP contribution in [0.25, 0.3) is 0 Å². The van der Waals surface area contributed by atoms with E-state index in [1.807, 2.05) is 0 Å². The van der Waals surface area contributed by atoms with Gasteiger partial charge in [-0.05, 0) is 44.4 Å². The number of aliphatic carboxylic acids is 1. The van der Waals surface area contributed by atoms with Crippen LogP contribution in [0.4, 0.5) is 5.69 Å². The Balaban J connectivity index is 2.71. The number of carboxylic acid groups (broad SMARTS) is 1. The summed E-state index contributed by atoms with van der Waals surface area (Å²) < 4.78 is 0. The van der Waals surface area contributed by atoms with Gasteiger partial charge in [0.05, 0.1) is 6.42 Å². The van der Waals surface area contributed by atoms with Crippen LogP contribution in [0, 0.1) is 0 Å². The average Bonchev–Trinajstić information content (AvgIpc) is 2.37. The zero-order valence-corrected chi connectivity index (χ0v) is 12.2. The van der Waals surface area contributed by atoms with Gasteiger partial charge < -0.3 is 10.0 Å². The van der Waals surface area contributed by atoms with Crippen LogP contribution in [-0.2, 0) is 11.2 Å². The minimum Gasteiger partial charge on any atom is -0.481 e. The Labute approximate surface area is 116 Å². The van der Waals surface area contributed by atoms with Gasteiger partial charge in [-0.2, -0.15) is 0 Å². The van der Waals surface area contributed by atoms with Gasteiger partial charge in [-0.1, -0.05) is 25.5 Å². The monoisotopic (exact) mass is 263 g/mol. The fourth-order valence-corrected chi connectivity index (χ4v) is 2.14. The number of unbranched alkanes of at least 4 members (excludes halogenated alkanes) is 1. The van der Waals surface area contributed by atoms with Crippen molar-refractivity contribution in [1.82, 2.24) is 0 Å². The van der Waals surface area contributed by atoms with Crippen molar-refractivity contribution < 1.29 is 9.90 Å². The second-order valence-electron chi connectivity index (χ2n) is 5.20. The van der Waals surface area contributed by atoms with Crippen LogP contribution in [0.15, 0.2) is 24.3 Å². The maximum absolute atomic E-state index is 10.7. The molecule has 1 N–H and O–H groups in total. The van der Waals surface area contributed by atoms with Gasteiger partial charge >= 0.3 is 5.97 Å². The lowest BCUT2D eigenvalue weighted by atomic mass is 10.1. The quantitative estimate of drug-likeness (QED) is 0.777. The van der Waals surface area contributed by atoms with Gasteiger partial charge in [0.2, 0.25) is 0 Å². The van der Waals surface area contributed by atoms with E-state index in [1.165, 1.54) is 18.4 Å². The van der Waals surface area contributed by atoms with E-state index < -0.39 is 5.97 Å². The number of anilines is 1. The fourth-order valence-electron chi connectivity index (χ4n) is 2.14. The summed E-state index contributed by atoms with van der Waals surface area (Å²) in [6.07, 6.45) is 3.72. The largest absolute Gasteiger partial charge is 0.481 e. The molecule has 0 fully saturated rings. The lowest BCUT2D eigenvalue weighted by Gasteiger charge is -2.28. The minimum atomic E-state index is -0.745. The summed E-state index contributed by atoms with van der Waals surface area (Å²) in [7, 11) is 0. The molecule has 0 aromatic heterocycles. The van der Waals surface area contributed by atoms with Crippen LogP contribution >= 0.6 is 0 Å². The van der Waals surface area contributed by atoms with Gasteiger partial charge in [0.1, 0.15) is 0 Å². The van der Waals surface area contributed by atoms with Gasteiger partial charge in [-0.15, -0.1) is 0 Å². The minimum absolute atomic E-state index is 0.176. The topological polar surface area (TPSA) is 40.5 Å².